The average molecular weight is 329 g/mol. The van der Waals surface area contributed by atoms with Crippen molar-refractivity contribution < 1.29 is 0 Å². The molecule has 2 aromatic heterocycles. The molecule has 3 aromatic rings. The Morgan fingerprint density at radius 2 is 2.00 bits per heavy atom. The van der Waals surface area contributed by atoms with Gasteiger partial charge in [0.2, 0.25) is 0 Å². The summed E-state index contributed by atoms with van der Waals surface area (Å²) in [6, 6.07) is 9.77. The fourth-order valence-electron chi connectivity index (χ4n) is 1.77. The second-order valence-corrected chi connectivity index (χ2v) is 7.20. The van der Waals surface area contributed by atoms with E-state index in [0.29, 0.717) is 0 Å². The Bertz CT molecular complexity index is 706. The van der Waals surface area contributed by atoms with E-state index >= 15 is 0 Å². The minimum Gasteiger partial charge on any atom is -0.361 e. The summed E-state index contributed by atoms with van der Waals surface area (Å²) >= 11 is 15.2. The first-order valence-corrected chi connectivity index (χ1v) is 8.14. The van der Waals surface area contributed by atoms with Gasteiger partial charge in [0.05, 0.1) is 19.6 Å². The smallest absolute Gasteiger partial charge is 0.183 e. The lowest BCUT2D eigenvalue weighted by Crippen LogP contribution is -2.03. The van der Waals surface area contributed by atoms with Gasteiger partial charge in [0.25, 0.3) is 0 Å². The maximum atomic E-state index is 6.13. The molecule has 19 heavy (non-hydrogen) atoms. The first-order valence-electron chi connectivity index (χ1n) is 5.75. The van der Waals surface area contributed by atoms with Crippen LogP contribution in [0.15, 0.2) is 30.3 Å². The van der Waals surface area contributed by atoms with Crippen LogP contribution in [0.1, 0.15) is 4.88 Å². The van der Waals surface area contributed by atoms with E-state index in [1.54, 1.807) is 22.7 Å². The predicted octanol–water partition coefficient (Wildman–Crippen LogP) is 5.32. The van der Waals surface area contributed by atoms with Crippen LogP contribution in [0.2, 0.25) is 9.36 Å². The molecule has 0 saturated carbocycles. The molecule has 0 unspecified atom stereocenters. The van der Waals surface area contributed by atoms with Crippen molar-refractivity contribution in [2.75, 3.05) is 11.9 Å². The van der Waals surface area contributed by atoms with Crippen LogP contribution in [0.25, 0.3) is 10.2 Å². The van der Waals surface area contributed by atoms with Crippen molar-refractivity contribution in [3.63, 3.8) is 0 Å². The summed E-state index contributed by atoms with van der Waals surface area (Å²) in [6.07, 6.45) is 0.945. The molecule has 0 aliphatic heterocycles. The summed E-state index contributed by atoms with van der Waals surface area (Å²) in [6.45, 7) is 0.842. The van der Waals surface area contributed by atoms with E-state index < -0.39 is 0 Å². The number of benzene rings is 1. The first-order chi connectivity index (χ1) is 9.22. The molecule has 0 bridgehead atoms. The van der Waals surface area contributed by atoms with Crippen LogP contribution in [0.5, 0.6) is 0 Å². The van der Waals surface area contributed by atoms with Crippen LogP contribution in [0.4, 0.5) is 5.13 Å². The largest absolute Gasteiger partial charge is 0.361 e. The number of anilines is 1. The van der Waals surface area contributed by atoms with Gasteiger partial charge in [-0.3, -0.25) is 0 Å². The molecular weight excluding hydrogens is 319 g/mol. The third kappa shape index (κ3) is 3.03. The average Bonchev–Trinajstić information content (AvgIpc) is 2.97. The highest BCUT2D eigenvalue weighted by Crippen LogP contribution is 2.31. The molecular formula is C13H10Cl2N2S2. The highest BCUT2D eigenvalue weighted by molar-refractivity contribution is 7.22. The van der Waals surface area contributed by atoms with Gasteiger partial charge in [-0.1, -0.05) is 40.6 Å². The zero-order valence-electron chi connectivity index (χ0n) is 9.82. The second-order valence-electron chi connectivity index (χ2n) is 3.99. The first kappa shape index (κ1) is 13.2. The maximum Gasteiger partial charge on any atom is 0.183 e. The molecule has 0 aliphatic rings. The molecule has 0 radical (unpaired) electrons. The van der Waals surface area contributed by atoms with Crippen molar-refractivity contribution >= 4 is 61.2 Å². The molecule has 0 amide bonds. The molecule has 0 saturated heterocycles. The van der Waals surface area contributed by atoms with E-state index in [0.717, 1.165) is 37.7 Å². The van der Waals surface area contributed by atoms with E-state index in [4.69, 9.17) is 23.2 Å². The number of thiophene rings is 1. The van der Waals surface area contributed by atoms with Gasteiger partial charge < -0.3 is 5.32 Å². The molecule has 3 rings (SSSR count). The van der Waals surface area contributed by atoms with Gasteiger partial charge in [0.15, 0.2) is 5.13 Å². The minimum absolute atomic E-state index is 0.757. The van der Waals surface area contributed by atoms with Crippen LogP contribution in [-0.2, 0) is 6.42 Å². The summed E-state index contributed by atoms with van der Waals surface area (Å²) in [7, 11) is 0. The van der Waals surface area contributed by atoms with E-state index in [9.17, 15) is 0 Å². The van der Waals surface area contributed by atoms with E-state index in [1.807, 2.05) is 24.3 Å². The molecule has 6 heteroatoms. The molecule has 0 spiro atoms. The number of fused-ring (bicyclic) bond motifs is 1. The number of rotatable bonds is 4. The number of hydrogen-bond acceptors (Lipinski definition) is 4. The van der Waals surface area contributed by atoms with Gasteiger partial charge in [-0.05, 0) is 30.7 Å². The highest BCUT2D eigenvalue weighted by Gasteiger charge is 2.06. The molecule has 0 atom stereocenters. The Labute approximate surface area is 129 Å². The fourth-order valence-corrected chi connectivity index (χ4v) is 4.04. The van der Waals surface area contributed by atoms with Gasteiger partial charge in [0.1, 0.15) is 0 Å². The van der Waals surface area contributed by atoms with Crippen LogP contribution in [0.3, 0.4) is 0 Å². The third-order valence-corrected chi connectivity index (χ3v) is 5.42. The van der Waals surface area contributed by atoms with Crippen molar-refractivity contribution in [1.29, 1.82) is 0 Å². The quantitative estimate of drug-likeness (QED) is 0.701. The predicted molar refractivity (Wildman–Crippen MR) is 86.2 cm³/mol. The second kappa shape index (κ2) is 5.67. The number of aromatic nitrogens is 1. The van der Waals surface area contributed by atoms with Gasteiger partial charge in [-0.15, -0.1) is 11.3 Å². The van der Waals surface area contributed by atoms with Gasteiger partial charge in [-0.25, -0.2) is 4.98 Å². The van der Waals surface area contributed by atoms with Gasteiger partial charge in [0, 0.05) is 11.4 Å². The number of hydrogen-bond donors (Lipinski definition) is 1. The van der Waals surface area contributed by atoms with Crippen molar-refractivity contribution in [2.24, 2.45) is 0 Å². The van der Waals surface area contributed by atoms with Crippen LogP contribution >= 0.6 is 45.9 Å². The third-order valence-electron chi connectivity index (χ3n) is 2.64. The van der Waals surface area contributed by atoms with Gasteiger partial charge >= 0.3 is 0 Å². The van der Waals surface area contributed by atoms with Crippen molar-refractivity contribution in [3.05, 3.63) is 44.6 Å². The number of nitrogens with zero attached hydrogens (tertiary/aromatic N) is 1. The molecule has 1 aromatic carbocycles. The Hall–Kier alpha value is -0.810. The molecule has 98 valence electrons. The van der Waals surface area contributed by atoms with Crippen LogP contribution in [0, 0.1) is 0 Å². The normalized spacial score (nSPS) is 11.1. The molecule has 0 fully saturated rings. The van der Waals surface area contributed by atoms with Crippen molar-refractivity contribution in [1.82, 2.24) is 4.98 Å². The lowest BCUT2D eigenvalue weighted by molar-refractivity contribution is 1.04. The summed E-state index contributed by atoms with van der Waals surface area (Å²) < 4.78 is 1.87. The van der Waals surface area contributed by atoms with Crippen LogP contribution in [-0.4, -0.2) is 11.5 Å². The summed E-state index contributed by atoms with van der Waals surface area (Å²) in [4.78, 5) is 5.78. The SMILES string of the molecule is Clc1ccc(CCNc2nc3cccc(Cl)c3s2)s1. The number of halogens is 2. The zero-order valence-corrected chi connectivity index (χ0v) is 13.0. The number of thiazole rings is 1. The Morgan fingerprint density at radius 1 is 1.11 bits per heavy atom. The minimum atomic E-state index is 0.757. The van der Waals surface area contributed by atoms with Crippen molar-refractivity contribution in [2.45, 2.75) is 6.42 Å². The topological polar surface area (TPSA) is 24.9 Å². The van der Waals surface area contributed by atoms with Crippen LogP contribution < -0.4 is 5.32 Å². The fraction of sp³-hybridized carbons (Fsp3) is 0.154. The van der Waals surface area contributed by atoms with Crippen molar-refractivity contribution in [3.8, 4) is 0 Å². The monoisotopic (exact) mass is 328 g/mol. The van der Waals surface area contributed by atoms with E-state index in [-0.39, 0.29) is 0 Å². The summed E-state index contributed by atoms with van der Waals surface area (Å²) in [5.74, 6) is 0. The summed E-state index contributed by atoms with van der Waals surface area (Å²) in [5.41, 5.74) is 0.944. The molecule has 0 aliphatic carbocycles. The Balaban J connectivity index is 1.67. The Morgan fingerprint density at radius 3 is 2.74 bits per heavy atom. The maximum absolute atomic E-state index is 6.13. The highest BCUT2D eigenvalue weighted by atomic mass is 35.5. The standard InChI is InChI=1S/C13H10Cl2N2S2/c14-9-2-1-3-10-12(9)19-13(17-10)16-7-6-8-4-5-11(15)18-8/h1-5H,6-7H2,(H,16,17). The lowest BCUT2D eigenvalue weighted by Gasteiger charge is -1.99. The zero-order chi connectivity index (χ0) is 13.2. The van der Waals surface area contributed by atoms with Gasteiger partial charge in [-0.2, -0.15) is 0 Å². The molecule has 2 heterocycles. The summed E-state index contributed by atoms with van der Waals surface area (Å²) in [5, 5.41) is 5.00. The van der Waals surface area contributed by atoms with E-state index in [1.165, 1.54) is 4.88 Å². The molecule has 1 N–H and O–H groups in total. The number of nitrogens with one attached hydrogen (secondary N) is 1. The Kier molecular flexibility index (Phi) is 3.93. The molecule has 2 nitrogen and oxygen atoms in total. The van der Waals surface area contributed by atoms with E-state index in [2.05, 4.69) is 16.4 Å². The lowest BCUT2D eigenvalue weighted by atomic mass is 10.3.